The van der Waals surface area contributed by atoms with Crippen molar-refractivity contribution in [1.82, 2.24) is 15.0 Å². The minimum absolute atomic E-state index is 0.164. The van der Waals surface area contributed by atoms with Crippen LogP contribution in [-0.2, 0) is 11.3 Å². The van der Waals surface area contributed by atoms with Crippen LogP contribution in [0.25, 0.3) is 0 Å². The predicted octanol–water partition coefficient (Wildman–Crippen LogP) is 2.42. The highest BCUT2D eigenvalue weighted by Crippen LogP contribution is 2.22. The van der Waals surface area contributed by atoms with E-state index < -0.39 is 5.97 Å². The molecule has 0 radical (unpaired) electrons. The first-order valence-electron chi connectivity index (χ1n) is 5.02. The van der Waals surface area contributed by atoms with Crippen LogP contribution in [0.3, 0.4) is 0 Å². The zero-order chi connectivity index (χ0) is 13.1. The maximum absolute atomic E-state index is 11.2. The van der Waals surface area contributed by atoms with Crippen molar-refractivity contribution in [3.63, 3.8) is 0 Å². The molecule has 0 saturated heterocycles. The molecule has 0 amide bonds. The van der Waals surface area contributed by atoms with Crippen molar-refractivity contribution in [3.8, 4) is 0 Å². The highest BCUT2D eigenvalue weighted by Gasteiger charge is 2.10. The van der Waals surface area contributed by atoms with Gasteiger partial charge in [0, 0.05) is 0 Å². The normalized spacial score (nSPS) is 10.4. The third kappa shape index (κ3) is 2.80. The molecule has 0 unspecified atom stereocenters. The SMILES string of the molecule is COC(=O)c1cn(Cc2ccc(Cl)c(Cl)c2)nn1. The van der Waals surface area contributed by atoms with Crippen LogP contribution in [0.1, 0.15) is 16.1 Å². The Morgan fingerprint density at radius 2 is 2.17 bits per heavy atom. The van der Waals surface area contributed by atoms with Gasteiger partial charge in [-0.1, -0.05) is 34.5 Å². The van der Waals surface area contributed by atoms with E-state index >= 15 is 0 Å². The summed E-state index contributed by atoms with van der Waals surface area (Å²) in [4.78, 5) is 11.2. The van der Waals surface area contributed by atoms with E-state index in [4.69, 9.17) is 23.2 Å². The molecule has 1 aromatic heterocycles. The first-order valence-corrected chi connectivity index (χ1v) is 5.78. The van der Waals surface area contributed by atoms with Gasteiger partial charge in [0.2, 0.25) is 0 Å². The van der Waals surface area contributed by atoms with Gasteiger partial charge in [0.25, 0.3) is 0 Å². The number of benzene rings is 1. The Morgan fingerprint density at radius 1 is 1.39 bits per heavy atom. The van der Waals surface area contributed by atoms with Gasteiger partial charge < -0.3 is 4.74 Å². The lowest BCUT2D eigenvalue weighted by molar-refractivity contribution is 0.0594. The van der Waals surface area contributed by atoms with Crippen molar-refractivity contribution in [2.75, 3.05) is 7.11 Å². The van der Waals surface area contributed by atoms with E-state index in [1.807, 2.05) is 6.07 Å². The molecule has 1 aromatic carbocycles. The molecule has 5 nitrogen and oxygen atoms in total. The number of aromatic nitrogens is 3. The van der Waals surface area contributed by atoms with Gasteiger partial charge in [-0.25, -0.2) is 9.48 Å². The standard InChI is InChI=1S/C11H9Cl2N3O2/c1-18-11(17)10-6-16(15-14-10)5-7-2-3-8(12)9(13)4-7/h2-4,6H,5H2,1H3. The molecule has 0 aliphatic rings. The van der Waals surface area contributed by atoms with Crippen molar-refractivity contribution in [1.29, 1.82) is 0 Å². The van der Waals surface area contributed by atoms with E-state index in [1.54, 1.807) is 12.1 Å². The molecule has 1 heterocycles. The van der Waals surface area contributed by atoms with Crippen LogP contribution in [0.4, 0.5) is 0 Å². The van der Waals surface area contributed by atoms with E-state index in [-0.39, 0.29) is 5.69 Å². The Morgan fingerprint density at radius 3 is 2.83 bits per heavy atom. The van der Waals surface area contributed by atoms with E-state index in [2.05, 4.69) is 15.0 Å². The lowest BCUT2D eigenvalue weighted by Gasteiger charge is -2.02. The predicted molar refractivity (Wildman–Crippen MR) is 66.9 cm³/mol. The van der Waals surface area contributed by atoms with Crippen molar-refractivity contribution in [3.05, 3.63) is 45.7 Å². The molecule has 0 aliphatic heterocycles. The van der Waals surface area contributed by atoms with Crippen molar-refractivity contribution in [2.24, 2.45) is 0 Å². The third-order valence-electron chi connectivity index (χ3n) is 2.26. The van der Waals surface area contributed by atoms with Gasteiger partial charge >= 0.3 is 5.97 Å². The number of esters is 1. The molecule has 0 atom stereocenters. The number of rotatable bonds is 3. The summed E-state index contributed by atoms with van der Waals surface area (Å²) in [6, 6.07) is 5.27. The Hall–Kier alpha value is -1.59. The van der Waals surface area contributed by atoms with E-state index in [9.17, 15) is 4.79 Å². The minimum Gasteiger partial charge on any atom is -0.464 e. The Balaban J connectivity index is 2.16. The Kier molecular flexibility index (Phi) is 3.84. The van der Waals surface area contributed by atoms with Gasteiger partial charge in [-0.05, 0) is 17.7 Å². The third-order valence-corrected chi connectivity index (χ3v) is 3.00. The lowest BCUT2D eigenvalue weighted by Crippen LogP contribution is -2.02. The zero-order valence-electron chi connectivity index (χ0n) is 9.43. The van der Waals surface area contributed by atoms with Crippen LogP contribution in [0.5, 0.6) is 0 Å². The van der Waals surface area contributed by atoms with Gasteiger partial charge in [-0.2, -0.15) is 0 Å². The highest BCUT2D eigenvalue weighted by molar-refractivity contribution is 6.42. The highest BCUT2D eigenvalue weighted by atomic mass is 35.5. The summed E-state index contributed by atoms with van der Waals surface area (Å²) < 4.78 is 6.06. The van der Waals surface area contributed by atoms with Gasteiger partial charge in [0.1, 0.15) is 0 Å². The molecule has 0 saturated carbocycles. The second-order valence-electron chi connectivity index (χ2n) is 3.54. The number of carbonyl (C=O) groups excluding carboxylic acids is 1. The number of hydrogen-bond donors (Lipinski definition) is 0. The summed E-state index contributed by atoms with van der Waals surface area (Å²) in [5.41, 5.74) is 1.07. The molecule has 0 bridgehead atoms. The summed E-state index contributed by atoms with van der Waals surface area (Å²) in [5.74, 6) is -0.518. The molecule has 7 heteroatoms. The number of methoxy groups -OCH3 is 1. The molecule has 0 N–H and O–H groups in total. The average molecular weight is 286 g/mol. The molecule has 2 aromatic rings. The quantitative estimate of drug-likeness (QED) is 0.813. The average Bonchev–Trinajstić information content (AvgIpc) is 2.81. The number of halogens is 2. The van der Waals surface area contributed by atoms with Crippen LogP contribution in [-0.4, -0.2) is 28.1 Å². The number of carbonyl (C=O) groups is 1. The van der Waals surface area contributed by atoms with Crippen molar-refractivity contribution >= 4 is 29.2 Å². The number of ether oxygens (including phenoxy) is 1. The lowest BCUT2D eigenvalue weighted by atomic mass is 10.2. The fraction of sp³-hybridized carbons (Fsp3) is 0.182. The fourth-order valence-electron chi connectivity index (χ4n) is 1.40. The van der Waals surface area contributed by atoms with Crippen LogP contribution in [0.2, 0.25) is 10.0 Å². The van der Waals surface area contributed by atoms with Gasteiger partial charge in [-0.3, -0.25) is 0 Å². The largest absolute Gasteiger partial charge is 0.464 e. The molecular weight excluding hydrogens is 277 g/mol. The first kappa shape index (κ1) is 12.9. The van der Waals surface area contributed by atoms with Crippen LogP contribution >= 0.6 is 23.2 Å². The number of hydrogen-bond acceptors (Lipinski definition) is 4. The topological polar surface area (TPSA) is 57.0 Å². The van der Waals surface area contributed by atoms with Crippen molar-refractivity contribution in [2.45, 2.75) is 6.54 Å². The monoisotopic (exact) mass is 285 g/mol. The van der Waals surface area contributed by atoms with Crippen LogP contribution < -0.4 is 0 Å². The summed E-state index contributed by atoms with van der Waals surface area (Å²) >= 11 is 11.7. The molecule has 0 spiro atoms. The zero-order valence-corrected chi connectivity index (χ0v) is 10.9. The second-order valence-corrected chi connectivity index (χ2v) is 4.36. The minimum atomic E-state index is -0.518. The maximum Gasteiger partial charge on any atom is 0.360 e. The molecule has 94 valence electrons. The van der Waals surface area contributed by atoms with Crippen LogP contribution in [0, 0.1) is 0 Å². The molecule has 0 fully saturated rings. The number of nitrogens with zero attached hydrogens (tertiary/aromatic N) is 3. The van der Waals surface area contributed by atoms with Crippen LogP contribution in [0.15, 0.2) is 24.4 Å². The van der Waals surface area contributed by atoms with Gasteiger partial charge in [0.15, 0.2) is 5.69 Å². The summed E-state index contributed by atoms with van der Waals surface area (Å²) in [5, 5.41) is 8.49. The van der Waals surface area contributed by atoms with Gasteiger partial charge in [0.05, 0.1) is 29.9 Å². The van der Waals surface area contributed by atoms with Crippen molar-refractivity contribution < 1.29 is 9.53 Å². The molecule has 0 aliphatic carbocycles. The Bertz CT molecular complexity index is 583. The first-order chi connectivity index (χ1) is 8.60. The van der Waals surface area contributed by atoms with Gasteiger partial charge in [-0.15, -0.1) is 5.10 Å². The molecular formula is C11H9Cl2N3O2. The Labute approximate surface area is 113 Å². The molecule has 18 heavy (non-hydrogen) atoms. The smallest absolute Gasteiger partial charge is 0.360 e. The fourth-order valence-corrected chi connectivity index (χ4v) is 1.72. The summed E-state index contributed by atoms with van der Waals surface area (Å²) in [7, 11) is 1.29. The second kappa shape index (κ2) is 5.37. The van der Waals surface area contributed by atoms with E-state index in [0.29, 0.717) is 16.6 Å². The maximum atomic E-state index is 11.2. The summed E-state index contributed by atoms with van der Waals surface area (Å²) in [6.07, 6.45) is 1.51. The summed E-state index contributed by atoms with van der Waals surface area (Å²) in [6.45, 7) is 0.445. The molecule has 2 rings (SSSR count). The van der Waals surface area contributed by atoms with E-state index in [0.717, 1.165) is 5.56 Å². The van der Waals surface area contributed by atoms with E-state index in [1.165, 1.54) is 18.0 Å².